The van der Waals surface area contributed by atoms with Crippen molar-refractivity contribution in [3.05, 3.63) is 34.5 Å². The number of anilines is 1. The van der Waals surface area contributed by atoms with Gasteiger partial charge in [-0.2, -0.15) is 0 Å². The monoisotopic (exact) mass is 263 g/mol. The summed E-state index contributed by atoms with van der Waals surface area (Å²) in [5.74, 6) is 0.949. The average molecular weight is 263 g/mol. The molecule has 5 heteroatoms. The fourth-order valence-electron chi connectivity index (χ4n) is 1.78. The highest BCUT2D eigenvalue weighted by molar-refractivity contribution is 7.10. The van der Waals surface area contributed by atoms with Crippen molar-refractivity contribution in [3.8, 4) is 5.75 Å². The topological polar surface area (TPSA) is 47.0 Å². The first-order valence-electron chi connectivity index (χ1n) is 5.82. The number of hydrogen-bond donors (Lipinski definition) is 1. The molecule has 2 aromatic rings. The summed E-state index contributed by atoms with van der Waals surface area (Å²) < 4.78 is 9.82. The number of hydrogen-bond acceptors (Lipinski definition) is 5. The van der Waals surface area contributed by atoms with Gasteiger partial charge in [0.25, 0.3) is 0 Å². The summed E-state index contributed by atoms with van der Waals surface area (Å²) >= 11 is 1.34. The molecular weight excluding hydrogens is 246 g/mol. The first-order chi connectivity index (χ1) is 8.63. The van der Waals surface area contributed by atoms with Gasteiger partial charge < -0.3 is 10.1 Å². The van der Waals surface area contributed by atoms with Crippen molar-refractivity contribution in [2.45, 2.75) is 27.4 Å². The smallest absolute Gasteiger partial charge is 0.136 e. The number of rotatable bonds is 4. The highest BCUT2D eigenvalue weighted by Gasteiger charge is 2.10. The molecule has 1 aromatic heterocycles. The maximum absolute atomic E-state index is 5.90. The van der Waals surface area contributed by atoms with E-state index in [1.807, 2.05) is 7.05 Å². The van der Waals surface area contributed by atoms with Crippen LogP contribution >= 0.6 is 11.5 Å². The minimum atomic E-state index is 0.442. The van der Waals surface area contributed by atoms with Crippen molar-refractivity contribution in [3.63, 3.8) is 0 Å². The molecule has 0 bridgehead atoms. The molecule has 0 saturated carbocycles. The molecule has 96 valence electrons. The molecule has 4 nitrogen and oxygen atoms in total. The number of aromatic nitrogens is 2. The Morgan fingerprint density at radius 1 is 1.22 bits per heavy atom. The molecule has 2 rings (SSSR count). The summed E-state index contributed by atoms with van der Waals surface area (Å²) in [6.45, 7) is 6.67. The Hall–Kier alpha value is -1.62. The number of nitrogens with zero attached hydrogens (tertiary/aromatic N) is 2. The Morgan fingerprint density at radius 2 is 1.94 bits per heavy atom. The molecule has 0 amide bonds. The third-order valence-electron chi connectivity index (χ3n) is 3.01. The molecule has 1 heterocycles. The van der Waals surface area contributed by atoms with Crippen LogP contribution in [0, 0.1) is 20.8 Å². The first kappa shape index (κ1) is 12.8. The average Bonchev–Trinajstić information content (AvgIpc) is 2.81. The van der Waals surface area contributed by atoms with Gasteiger partial charge in [0.15, 0.2) is 0 Å². The van der Waals surface area contributed by atoms with Gasteiger partial charge in [-0.15, -0.1) is 5.10 Å². The minimum Gasteiger partial charge on any atom is -0.487 e. The normalized spacial score (nSPS) is 10.4. The molecular formula is C13H17N3OS. The van der Waals surface area contributed by atoms with Gasteiger partial charge in [-0.25, -0.2) is 0 Å². The second-order valence-electron chi connectivity index (χ2n) is 4.24. The molecule has 0 atom stereocenters. The molecule has 18 heavy (non-hydrogen) atoms. The first-order valence-corrected chi connectivity index (χ1v) is 6.59. The Kier molecular flexibility index (Phi) is 3.81. The van der Waals surface area contributed by atoms with Crippen LogP contribution in [0.15, 0.2) is 12.1 Å². The van der Waals surface area contributed by atoms with Crippen LogP contribution in [-0.4, -0.2) is 16.6 Å². The molecule has 0 aliphatic rings. The SMILES string of the molecule is CNc1snnc1COc1c(C)ccc(C)c1C. The quantitative estimate of drug-likeness (QED) is 0.921. The standard InChI is InChI=1S/C13H17N3OS/c1-8-5-6-9(2)12(10(8)3)17-7-11-13(14-4)18-16-15-11/h5-6,14H,7H2,1-4H3. The lowest BCUT2D eigenvalue weighted by Crippen LogP contribution is -2.02. The van der Waals surface area contributed by atoms with E-state index < -0.39 is 0 Å². The summed E-state index contributed by atoms with van der Waals surface area (Å²) in [5.41, 5.74) is 4.42. The van der Waals surface area contributed by atoms with E-state index in [-0.39, 0.29) is 0 Å². The van der Waals surface area contributed by atoms with Crippen molar-refractivity contribution >= 4 is 16.5 Å². The van der Waals surface area contributed by atoms with E-state index in [1.165, 1.54) is 22.7 Å². The van der Waals surface area contributed by atoms with Crippen molar-refractivity contribution in [1.29, 1.82) is 0 Å². The van der Waals surface area contributed by atoms with Gasteiger partial charge in [0, 0.05) is 18.6 Å². The van der Waals surface area contributed by atoms with Gasteiger partial charge in [-0.3, -0.25) is 0 Å². The molecule has 0 aliphatic carbocycles. The summed E-state index contributed by atoms with van der Waals surface area (Å²) in [7, 11) is 1.86. The predicted octanol–water partition coefficient (Wildman–Crippen LogP) is 3.08. The zero-order valence-electron chi connectivity index (χ0n) is 11.1. The molecule has 0 aliphatic heterocycles. The van der Waals surface area contributed by atoms with Crippen molar-refractivity contribution in [2.75, 3.05) is 12.4 Å². The highest BCUT2D eigenvalue weighted by Crippen LogP contribution is 2.27. The third kappa shape index (κ3) is 2.46. The summed E-state index contributed by atoms with van der Waals surface area (Å²) in [6.07, 6.45) is 0. The van der Waals surface area contributed by atoms with E-state index in [0.717, 1.165) is 22.0 Å². The molecule has 1 N–H and O–H groups in total. The predicted molar refractivity (Wildman–Crippen MR) is 74.4 cm³/mol. The summed E-state index contributed by atoms with van der Waals surface area (Å²) in [5, 5.41) is 8.09. The lowest BCUT2D eigenvalue weighted by atomic mass is 10.1. The Balaban J connectivity index is 2.18. The van der Waals surface area contributed by atoms with Crippen LogP contribution in [0.3, 0.4) is 0 Å². The van der Waals surface area contributed by atoms with E-state index in [0.29, 0.717) is 6.61 Å². The van der Waals surface area contributed by atoms with E-state index in [1.54, 1.807) is 0 Å². The van der Waals surface area contributed by atoms with Crippen LogP contribution in [0.4, 0.5) is 5.00 Å². The summed E-state index contributed by atoms with van der Waals surface area (Å²) in [6, 6.07) is 4.19. The van der Waals surface area contributed by atoms with Crippen molar-refractivity contribution in [1.82, 2.24) is 9.59 Å². The maximum Gasteiger partial charge on any atom is 0.136 e. The van der Waals surface area contributed by atoms with Gasteiger partial charge in [0.05, 0.1) is 0 Å². The van der Waals surface area contributed by atoms with Crippen LogP contribution in [-0.2, 0) is 6.61 Å². The molecule has 1 aromatic carbocycles. The minimum absolute atomic E-state index is 0.442. The lowest BCUT2D eigenvalue weighted by Gasteiger charge is -2.13. The fraction of sp³-hybridized carbons (Fsp3) is 0.385. The largest absolute Gasteiger partial charge is 0.487 e. The number of ether oxygens (including phenoxy) is 1. The Bertz CT molecular complexity index is 551. The highest BCUT2D eigenvalue weighted by atomic mass is 32.1. The number of nitrogens with one attached hydrogen (secondary N) is 1. The second-order valence-corrected chi connectivity index (χ2v) is 5.00. The zero-order chi connectivity index (χ0) is 13.1. The van der Waals surface area contributed by atoms with Gasteiger partial charge in [-0.1, -0.05) is 16.6 Å². The second kappa shape index (κ2) is 5.35. The lowest BCUT2D eigenvalue weighted by molar-refractivity contribution is 0.297. The molecule has 0 spiro atoms. The molecule has 0 saturated heterocycles. The fourth-order valence-corrected chi connectivity index (χ4v) is 2.30. The van der Waals surface area contributed by atoms with Crippen molar-refractivity contribution in [2.24, 2.45) is 0 Å². The van der Waals surface area contributed by atoms with Gasteiger partial charge in [0.2, 0.25) is 0 Å². The zero-order valence-corrected chi connectivity index (χ0v) is 11.9. The van der Waals surface area contributed by atoms with Crippen LogP contribution in [0.2, 0.25) is 0 Å². The number of aryl methyl sites for hydroxylation is 2. The Morgan fingerprint density at radius 3 is 2.67 bits per heavy atom. The van der Waals surface area contributed by atoms with Crippen LogP contribution < -0.4 is 10.1 Å². The molecule has 0 unspecified atom stereocenters. The maximum atomic E-state index is 5.90. The van der Waals surface area contributed by atoms with E-state index in [9.17, 15) is 0 Å². The van der Waals surface area contributed by atoms with Crippen molar-refractivity contribution < 1.29 is 4.74 Å². The van der Waals surface area contributed by atoms with Crippen LogP contribution in [0.5, 0.6) is 5.75 Å². The van der Waals surface area contributed by atoms with Gasteiger partial charge >= 0.3 is 0 Å². The Labute approximate surface area is 111 Å². The molecule has 0 radical (unpaired) electrons. The summed E-state index contributed by atoms with van der Waals surface area (Å²) in [4.78, 5) is 0. The molecule has 0 fully saturated rings. The van der Waals surface area contributed by atoms with Gasteiger partial charge in [0.1, 0.15) is 23.1 Å². The van der Waals surface area contributed by atoms with E-state index >= 15 is 0 Å². The van der Waals surface area contributed by atoms with E-state index in [4.69, 9.17) is 4.74 Å². The van der Waals surface area contributed by atoms with Gasteiger partial charge in [-0.05, 0) is 37.5 Å². The van der Waals surface area contributed by atoms with Crippen LogP contribution in [0.25, 0.3) is 0 Å². The third-order valence-corrected chi connectivity index (χ3v) is 3.80. The van der Waals surface area contributed by atoms with E-state index in [2.05, 4.69) is 47.8 Å². The number of benzene rings is 1. The van der Waals surface area contributed by atoms with Crippen LogP contribution in [0.1, 0.15) is 22.4 Å².